The lowest BCUT2D eigenvalue weighted by molar-refractivity contribution is -0.146. The summed E-state index contributed by atoms with van der Waals surface area (Å²) in [7, 11) is 1.38. The lowest BCUT2D eigenvalue weighted by atomic mass is 10.1. The highest BCUT2D eigenvalue weighted by Gasteiger charge is 2.36. The zero-order chi connectivity index (χ0) is 15.5. The van der Waals surface area contributed by atoms with Crippen LogP contribution in [0.3, 0.4) is 0 Å². The molecule has 1 saturated heterocycles. The Morgan fingerprint density at radius 1 is 1.45 bits per heavy atom. The highest BCUT2D eigenvalue weighted by molar-refractivity contribution is 5.76. The summed E-state index contributed by atoms with van der Waals surface area (Å²) in [5.74, 6) is -0.292. The SMILES string of the molecule is COC(=O)[C@@H]1C[C@H](O)CN1Cc1cccc(-n2cccn2)c1. The van der Waals surface area contributed by atoms with Crippen molar-refractivity contribution in [3.63, 3.8) is 0 Å². The first-order valence-electron chi connectivity index (χ1n) is 7.26. The van der Waals surface area contributed by atoms with Crippen LogP contribution in [0.5, 0.6) is 0 Å². The molecule has 2 aromatic rings. The van der Waals surface area contributed by atoms with Gasteiger partial charge in [0.15, 0.2) is 0 Å². The molecule has 3 rings (SSSR count). The van der Waals surface area contributed by atoms with Gasteiger partial charge in [0.2, 0.25) is 0 Å². The fraction of sp³-hybridized carbons (Fsp3) is 0.375. The minimum absolute atomic E-state index is 0.292. The normalized spacial score (nSPS) is 21.9. The van der Waals surface area contributed by atoms with Crippen LogP contribution in [0, 0.1) is 0 Å². The molecule has 2 atom stereocenters. The Labute approximate surface area is 128 Å². The second kappa shape index (κ2) is 6.29. The van der Waals surface area contributed by atoms with Crippen LogP contribution in [0.1, 0.15) is 12.0 Å². The lowest BCUT2D eigenvalue weighted by Gasteiger charge is -2.22. The maximum absolute atomic E-state index is 11.8. The van der Waals surface area contributed by atoms with Gasteiger partial charge >= 0.3 is 5.97 Å². The second-order valence-corrected chi connectivity index (χ2v) is 5.48. The number of carbonyl (C=O) groups is 1. The summed E-state index contributed by atoms with van der Waals surface area (Å²) in [4.78, 5) is 13.8. The average molecular weight is 301 g/mol. The molecule has 22 heavy (non-hydrogen) atoms. The fourth-order valence-corrected chi connectivity index (χ4v) is 2.89. The molecule has 0 aliphatic carbocycles. The zero-order valence-electron chi connectivity index (χ0n) is 12.4. The van der Waals surface area contributed by atoms with Gasteiger partial charge in [-0.2, -0.15) is 5.10 Å². The van der Waals surface area contributed by atoms with E-state index in [0.717, 1.165) is 11.3 Å². The number of β-amino-alcohol motifs (C(OH)–C–C–N with tert-alkyl or cyclic N) is 1. The molecule has 1 aromatic heterocycles. The molecule has 1 aliphatic rings. The van der Waals surface area contributed by atoms with Gasteiger partial charge in [-0.1, -0.05) is 12.1 Å². The number of hydrogen-bond acceptors (Lipinski definition) is 5. The van der Waals surface area contributed by atoms with Crippen LogP contribution >= 0.6 is 0 Å². The third kappa shape index (κ3) is 3.03. The number of aromatic nitrogens is 2. The molecule has 0 amide bonds. The van der Waals surface area contributed by atoms with E-state index < -0.39 is 6.10 Å². The van der Waals surface area contributed by atoms with Crippen molar-refractivity contribution in [3.05, 3.63) is 48.3 Å². The number of ether oxygens (including phenoxy) is 1. The topological polar surface area (TPSA) is 67.6 Å². The van der Waals surface area contributed by atoms with Crippen LogP contribution in [0.25, 0.3) is 5.69 Å². The number of likely N-dealkylation sites (tertiary alicyclic amines) is 1. The Hall–Kier alpha value is -2.18. The number of aliphatic hydroxyl groups excluding tert-OH is 1. The highest BCUT2D eigenvalue weighted by atomic mass is 16.5. The molecule has 1 N–H and O–H groups in total. The zero-order valence-corrected chi connectivity index (χ0v) is 12.4. The molecule has 0 unspecified atom stereocenters. The highest BCUT2D eigenvalue weighted by Crippen LogP contribution is 2.22. The van der Waals surface area contributed by atoms with Crippen LogP contribution < -0.4 is 0 Å². The van der Waals surface area contributed by atoms with Crippen molar-refractivity contribution < 1.29 is 14.6 Å². The van der Waals surface area contributed by atoms with Crippen LogP contribution in [0.2, 0.25) is 0 Å². The van der Waals surface area contributed by atoms with Gasteiger partial charge in [-0.3, -0.25) is 9.69 Å². The van der Waals surface area contributed by atoms with Crippen LogP contribution in [0.4, 0.5) is 0 Å². The smallest absolute Gasteiger partial charge is 0.323 e. The first kappa shape index (κ1) is 14.7. The van der Waals surface area contributed by atoms with Crippen molar-refractivity contribution in [2.45, 2.75) is 25.1 Å². The molecule has 1 aromatic carbocycles. The van der Waals surface area contributed by atoms with Gasteiger partial charge in [0.1, 0.15) is 6.04 Å². The number of nitrogens with zero attached hydrogens (tertiary/aromatic N) is 3. The third-order valence-electron chi connectivity index (χ3n) is 3.92. The quantitative estimate of drug-likeness (QED) is 0.853. The fourth-order valence-electron chi connectivity index (χ4n) is 2.89. The standard InChI is InChI=1S/C16H19N3O3/c1-22-16(21)15-9-14(20)11-18(15)10-12-4-2-5-13(8-12)19-7-3-6-17-19/h2-8,14-15,20H,9-11H2,1H3/t14-,15-/m0/s1. The Bertz CT molecular complexity index is 642. The van der Waals surface area contributed by atoms with Crippen LogP contribution in [-0.2, 0) is 16.1 Å². The monoisotopic (exact) mass is 301 g/mol. The van der Waals surface area contributed by atoms with Gasteiger partial charge in [-0.15, -0.1) is 0 Å². The molecule has 1 fully saturated rings. The van der Waals surface area contributed by atoms with Crippen molar-refractivity contribution in [1.29, 1.82) is 0 Å². The summed E-state index contributed by atoms with van der Waals surface area (Å²) in [6.07, 6.45) is 3.55. The summed E-state index contributed by atoms with van der Waals surface area (Å²) in [6, 6.07) is 9.47. The van der Waals surface area contributed by atoms with Crippen LogP contribution in [0.15, 0.2) is 42.7 Å². The molecular formula is C16H19N3O3. The molecule has 0 spiro atoms. The predicted molar refractivity (Wildman–Crippen MR) is 80.4 cm³/mol. The van der Waals surface area contributed by atoms with Crippen molar-refractivity contribution in [2.24, 2.45) is 0 Å². The number of benzene rings is 1. The Balaban J connectivity index is 1.77. The van der Waals surface area contributed by atoms with E-state index in [-0.39, 0.29) is 12.0 Å². The minimum atomic E-state index is -0.488. The first-order chi connectivity index (χ1) is 10.7. The van der Waals surface area contributed by atoms with Crippen molar-refractivity contribution in [3.8, 4) is 5.69 Å². The van der Waals surface area contributed by atoms with E-state index in [9.17, 15) is 9.90 Å². The largest absolute Gasteiger partial charge is 0.468 e. The number of rotatable bonds is 4. The number of hydrogen-bond donors (Lipinski definition) is 1. The van der Waals surface area contributed by atoms with Gasteiger partial charge in [-0.05, 0) is 23.8 Å². The maximum Gasteiger partial charge on any atom is 0.323 e. The van der Waals surface area contributed by atoms with Crippen LogP contribution in [-0.4, -0.2) is 51.6 Å². The van der Waals surface area contributed by atoms with Gasteiger partial charge in [0.25, 0.3) is 0 Å². The number of esters is 1. The van der Waals surface area contributed by atoms with Gasteiger partial charge in [0, 0.05) is 31.9 Å². The van der Waals surface area contributed by atoms with Crippen molar-refractivity contribution in [1.82, 2.24) is 14.7 Å². The first-order valence-corrected chi connectivity index (χ1v) is 7.26. The molecule has 6 nitrogen and oxygen atoms in total. The average Bonchev–Trinajstić information content (AvgIpc) is 3.17. The van der Waals surface area contributed by atoms with Crippen molar-refractivity contribution >= 4 is 5.97 Å². The summed E-state index contributed by atoms with van der Waals surface area (Å²) in [5, 5.41) is 14.1. The predicted octanol–water partition coefficient (Wildman–Crippen LogP) is 0.980. The molecule has 6 heteroatoms. The minimum Gasteiger partial charge on any atom is -0.468 e. The Morgan fingerprint density at radius 2 is 2.32 bits per heavy atom. The van der Waals surface area contributed by atoms with E-state index in [1.54, 1.807) is 10.9 Å². The molecule has 1 aliphatic heterocycles. The summed E-state index contributed by atoms with van der Waals surface area (Å²) in [5.41, 5.74) is 2.04. The van der Waals surface area contributed by atoms with Gasteiger partial charge < -0.3 is 9.84 Å². The second-order valence-electron chi connectivity index (χ2n) is 5.48. The Kier molecular flexibility index (Phi) is 4.22. The maximum atomic E-state index is 11.8. The number of aliphatic hydroxyl groups is 1. The van der Waals surface area contributed by atoms with Gasteiger partial charge in [0.05, 0.1) is 18.9 Å². The van der Waals surface area contributed by atoms with E-state index in [1.165, 1.54) is 7.11 Å². The lowest BCUT2D eigenvalue weighted by Crippen LogP contribution is -2.36. The molecule has 0 radical (unpaired) electrons. The molecule has 0 bridgehead atoms. The van der Waals surface area contributed by atoms with E-state index in [1.807, 2.05) is 41.4 Å². The van der Waals surface area contributed by atoms with E-state index in [4.69, 9.17) is 4.74 Å². The molecule has 0 saturated carbocycles. The molecular weight excluding hydrogens is 282 g/mol. The molecule has 116 valence electrons. The number of methoxy groups -OCH3 is 1. The van der Waals surface area contributed by atoms with Gasteiger partial charge in [-0.25, -0.2) is 4.68 Å². The van der Waals surface area contributed by atoms with E-state index in [2.05, 4.69) is 5.10 Å². The summed E-state index contributed by atoms with van der Waals surface area (Å²) >= 11 is 0. The number of carbonyl (C=O) groups excluding carboxylic acids is 1. The summed E-state index contributed by atoms with van der Waals surface area (Å²) in [6.45, 7) is 1.07. The summed E-state index contributed by atoms with van der Waals surface area (Å²) < 4.78 is 6.62. The van der Waals surface area contributed by atoms with Crippen molar-refractivity contribution in [2.75, 3.05) is 13.7 Å². The Morgan fingerprint density at radius 3 is 3.05 bits per heavy atom. The van der Waals surface area contributed by atoms with E-state index in [0.29, 0.717) is 19.5 Å². The molecule has 2 heterocycles. The van der Waals surface area contributed by atoms with E-state index >= 15 is 0 Å². The third-order valence-corrected chi connectivity index (χ3v) is 3.92.